The lowest BCUT2D eigenvalue weighted by atomic mass is 10.1. The molecule has 5 heteroatoms. The Morgan fingerprint density at radius 1 is 1.12 bits per heavy atom. The quantitative estimate of drug-likeness (QED) is 0.806. The molecule has 1 aliphatic rings. The Morgan fingerprint density at radius 2 is 1.80 bits per heavy atom. The highest BCUT2D eigenvalue weighted by Gasteiger charge is 2.18. The van der Waals surface area contributed by atoms with Crippen molar-refractivity contribution < 1.29 is 13.9 Å². The van der Waals surface area contributed by atoms with Gasteiger partial charge < -0.3 is 14.5 Å². The van der Waals surface area contributed by atoms with Crippen LogP contribution < -0.4 is 9.64 Å². The van der Waals surface area contributed by atoms with Gasteiger partial charge in [-0.25, -0.2) is 4.39 Å². The normalized spacial score (nSPS) is 13.8. The molecule has 132 valence electrons. The number of carbonyl (C=O) groups is 1. The van der Waals surface area contributed by atoms with Crippen molar-refractivity contribution in [1.82, 2.24) is 4.90 Å². The van der Waals surface area contributed by atoms with Gasteiger partial charge in [-0.1, -0.05) is 30.3 Å². The maximum Gasteiger partial charge on any atom is 0.260 e. The summed E-state index contributed by atoms with van der Waals surface area (Å²) in [6, 6.07) is 14.3. The van der Waals surface area contributed by atoms with Crippen molar-refractivity contribution in [3.8, 4) is 5.75 Å². The molecule has 3 rings (SSSR count). The summed E-state index contributed by atoms with van der Waals surface area (Å²) in [7, 11) is 1.74. The maximum atomic E-state index is 13.6. The molecule has 0 unspecified atom stereocenters. The average Bonchev–Trinajstić information content (AvgIpc) is 3.15. The SMILES string of the molecule is CN(Cc1ccccc1N1CCCC1)C(=O)COc1ccccc1F. The molecule has 1 fully saturated rings. The summed E-state index contributed by atoms with van der Waals surface area (Å²) in [6.07, 6.45) is 2.42. The van der Waals surface area contributed by atoms with Gasteiger partial charge in [0.25, 0.3) is 5.91 Å². The number of benzene rings is 2. The third kappa shape index (κ3) is 4.29. The number of hydrogen-bond acceptors (Lipinski definition) is 3. The molecular weight excluding hydrogens is 319 g/mol. The minimum Gasteiger partial charge on any atom is -0.481 e. The smallest absolute Gasteiger partial charge is 0.260 e. The summed E-state index contributed by atoms with van der Waals surface area (Å²) >= 11 is 0. The Hall–Kier alpha value is -2.56. The van der Waals surface area contributed by atoms with Crippen LogP contribution in [0.4, 0.5) is 10.1 Å². The van der Waals surface area contributed by atoms with Gasteiger partial charge in [-0.15, -0.1) is 0 Å². The predicted molar refractivity (Wildman–Crippen MR) is 96.3 cm³/mol. The van der Waals surface area contributed by atoms with Gasteiger partial charge in [-0.3, -0.25) is 4.79 Å². The van der Waals surface area contributed by atoms with Crippen LogP contribution in [-0.2, 0) is 11.3 Å². The molecular formula is C20H23FN2O2. The molecule has 0 atom stereocenters. The van der Waals surface area contributed by atoms with Crippen molar-refractivity contribution in [1.29, 1.82) is 0 Å². The number of halogens is 1. The van der Waals surface area contributed by atoms with Crippen molar-refractivity contribution in [2.45, 2.75) is 19.4 Å². The number of anilines is 1. The van der Waals surface area contributed by atoms with Gasteiger partial charge in [0, 0.05) is 32.4 Å². The van der Waals surface area contributed by atoms with E-state index in [0.29, 0.717) is 6.54 Å². The van der Waals surface area contributed by atoms with Gasteiger partial charge >= 0.3 is 0 Å². The molecule has 0 saturated carbocycles. The molecule has 0 spiro atoms. The van der Waals surface area contributed by atoms with E-state index >= 15 is 0 Å². The van der Waals surface area contributed by atoms with Crippen LogP contribution in [-0.4, -0.2) is 37.6 Å². The fraction of sp³-hybridized carbons (Fsp3) is 0.350. The molecule has 0 aliphatic carbocycles. The molecule has 4 nitrogen and oxygen atoms in total. The third-order valence-electron chi connectivity index (χ3n) is 4.46. The fourth-order valence-electron chi connectivity index (χ4n) is 3.07. The summed E-state index contributed by atoms with van der Waals surface area (Å²) in [5.41, 5.74) is 2.31. The standard InChI is InChI=1S/C20H23FN2O2/c1-22(20(24)15-25-19-11-5-3-9-17(19)21)14-16-8-2-4-10-18(16)23-12-6-7-13-23/h2-5,8-11H,6-7,12-15H2,1H3. The molecule has 1 saturated heterocycles. The highest BCUT2D eigenvalue weighted by atomic mass is 19.1. The first-order valence-corrected chi connectivity index (χ1v) is 8.59. The number of para-hydroxylation sites is 2. The minimum atomic E-state index is -0.461. The summed E-state index contributed by atoms with van der Waals surface area (Å²) in [6.45, 7) is 2.45. The van der Waals surface area contributed by atoms with E-state index in [1.165, 1.54) is 30.7 Å². The zero-order valence-electron chi connectivity index (χ0n) is 14.5. The number of nitrogens with zero attached hydrogens (tertiary/aromatic N) is 2. The molecule has 1 amide bonds. The number of carbonyl (C=O) groups excluding carboxylic acids is 1. The monoisotopic (exact) mass is 342 g/mol. The van der Waals surface area contributed by atoms with Crippen molar-refractivity contribution in [2.75, 3.05) is 31.6 Å². The Bertz CT molecular complexity index is 729. The Morgan fingerprint density at radius 3 is 2.56 bits per heavy atom. The van der Waals surface area contributed by atoms with Crippen LogP contribution in [0.3, 0.4) is 0 Å². The third-order valence-corrected chi connectivity index (χ3v) is 4.46. The average molecular weight is 342 g/mol. The van der Waals surface area contributed by atoms with E-state index in [-0.39, 0.29) is 18.3 Å². The van der Waals surface area contributed by atoms with Crippen LogP contribution in [0.5, 0.6) is 5.75 Å². The maximum absolute atomic E-state index is 13.6. The van der Waals surface area contributed by atoms with Gasteiger partial charge in [0.05, 0.1) is 0 Å². The summed E-state index contributed by atoms with van der Waals surface area (Å²) < 4.78 is 18.9. The summed E-state index contributed by atoms with van der Waals surface area (Å²) in [5.74, 6) is -0.543. The predicted octanol–water partition coefficient (Wildman–Crippen LogP) is 3.46. The summed E-state index contributed by atoms with van der Waals surface area (Å²) in [5, 5.41) is 0. The number of ether oxygens (including phenoxy) is 1. The molecule has 0 aromatic heterocycles. The molecule has 0 bridgehead atoms. The molecule has 1 heterocycles. The molecule has 2 aromatic rings. The number of hydrogen-bond donors (Lipinski definition) is 0. The van der Waals surface area contributed by atoms with E-state index in [2.05, 4.69) is 17.0 Å². The number of likely N-dealkylation sites (N-methyl/N-ethyl adjacent to an activating group) is 1. The Balaban J connectivity index is 1.61. The van der Waals surface area contributed by atoms with E-state index < -0.39 is 5.82 Å². The second kappa shape index (κ2) is 8.01. The number of rotatable bonds is 6. The highest BCUT2D eigenvalue weighted by Crippen LogP contribution is 2.25. The zero-order valence-corrected chi connectivity index (χ0v) is 14.5. The zero-order chi connectivity index (χ0) is 17.6. The largest absolute Gasteiger partial charge is 0.481 e. The van der Waals surface area contributed by atoms with Crippen LogP contribution in [0.25, 0.3) is 0 Å². The van der Waals surface area contributed by atoms with Crippen LogP contribution in [0.15, 0.2) is 48.5 Å². The summed E-state index contributed by atoms with van der Waals surface area (Å²) in [4.78, 5) is 16.3. The second-order valence-corrected chi connectivity index (χ2v) is 6.29. The fourth-order valence-corrected chi connectivity index (χ4v) is 3.07. The molecule has 0 N–H and O–H groups in total. The molecule has 1 aliphatic heterocycles. The van der Waals surface area contributed by atoms with E-state index in [1.54, 1.807) is 24.1 Å². The lowest BCUT2D eigenvalue weighted by molar-refractivity contribution is -0.132. The topological polar surface area (TPSA) is 32.8 Å². The lowest BCUT2D eigenvalue weighted by Gasteiger charge is -2.24. The van der Waals surface area contributed by atoms with Gasteiger partial charge in [0.2, 0.25) is 0 Å². The number of amides is 1. The molecule has 25 heavy (non-hydrogen) atoms. The van der Waals surface area contributed by atoms with Gasteiger partial charge in [-0.05, 0) is 36.6 Å². The van der Waals surface area contributed by atoms with Crippen LogP contribution in [0.1, 0.15) is 18.4 Å². The Labute approximate surface area is 147 Å². The van der Waals surface area contributed by atoms with E-state index in [4.69, 9.17) is 4.74 Å². The van der Waals surface area contributed by atoms with E-state index in [9.17, 15) is 9.18 Å². The van der Waals surface area contributed by atoms with Crippen molar-refractivity contribution in [3.63, 3.8) is 0 Å². The lowest BCUT2D eigenvalue weighted by Crippen LogP contribution is -2.32. The van der Waals surface area contributed by atoms with E-state index in [1.807, 2.05) is 12.1 Å². The van der Waals surface area contributed by atoms with Crippen molar-refractivity contribution in [2.24, 2.45) is 0 Å². The van der Waals surface area contributed by atoms with Gasteiger partial charge in [0.1, 0.15) is 0 Å². The van der Waals surface area contributed by atoms with Crippen molar-refractivity contribution in [3.05, 3.63) is 59.9 Å². The van der Waals surface area contributed by atoms with Crippen LogP contribution in [0.2, 0.25) is 0 Å². The molecule has 2 aromatic carbocycles. The van der Waals surface area contributed by atoms with Crippen molar-refractivity contribution >= 4 is 11.6 Å². The Kier molecular flexibility index (Phi) is 5.53. The first-order valence-electron chi connectivity index (χ1n) is 8.59. The van der Waals surface area contributed by atoms with Crippen LogP contribution >= 0.6 is 0 Å². The first kappa shape index (κ1) is 17.3. The minimum absolute atomic E-state index is 0.0988. The van der Waals surface area contributed by atoms with E-state index in [0.717, 1.165) is 18.7 Å². The van der Waals surface area contributed by atoms with Gasteiger partial charge in [-0.2, -0.15) is 0 Å². The highest BCUT2D eigenvalue weighted by molar-refractivity contribution is 5.77. The second-order valence-electron chi connectivity index (χ2n) is 6.29. The van der Waals surface area contributed by atoms with Crippen LogP contribution in [0, 0.1) is 5.82 Å². The molecule has 0 radical (unpaired) electrons. The van der Waals surface area contributed by atoms with Gasteiger partial charge in [0.15, 0.2) is 18.2 Å². The first-order chi connectivity index (χ1) is 12.1.